The first-order chi connectivity index (χ1) is 6.34. The van der Waals surface area contributed by atoms with Gasteiger partial charge < -0.3 is 9.26 Å². The van der Waals surface area contributed by atoms with Crippen molar-refractivity contribution in [1.29, 1.82) is 0 Å². The zero-order valence-corrected chi connectivity index (χ0v) is 8.79. The van der Waals surface area contributed by atoms with Crippen LogP contribution in [0.1, 0.15) is 18.7 Å². The van der Waals surface area contributed by atoms with E-state index in [9.17, 15) is 0 Å². The Labute approximate surface area is 84.8 Å². The van der Waals surface area contributed by atoms with E-state index < -0.39 is 0 Å². The fourth-order valence-corrected chi connectivity index (χ4v) is 1.80. The minimum absolute atomic E-state index is 0.467. The van der Waals surface area contributed by atoms with Crippen LogP contribution >= 0.6 is 15.9 Å². The largest absolute Gasteiger partial charge is 0.381 e. The molecular formula is C8H11BrN2O2. The van der Waals surface area contributed by atoms with Crippen molar-refractivity contribution >= 4 is 15.9 Å². The Bertz CT molecular complexity index is 271. The van der Waals surface area contributed by atoms with Crippen molar-refractivity contribution in [3.8, 4) is 0 Å². The van der Waals surface area contributed by atoms with Gasteiger partial charge in [0, 0.05) is 35.6 Å². The lowest BCUT2D eigenvalue weighted by molar-refractivity contribution is 0.0658. The molecule has 1 fully saturated rings. The van der Waals surface area contributed by atoms with Crippen molar-refractivity contribution in [3.63, 3.8) is 0 Å². The van der Waals surface area contributed by atoms with E-state index in [4.69, 9.17) is 9.26 Å². The Morgan fingerprint density at radius 1 is 1.38 bits per heavy atom. The normalized spacial score (nSPS) is 19.2. The molecule has 0 aliphatic carbocycles. The molecule has 2 rings (SSSR count). The van der Waals surface area contributed by atoms with Gasteiger partial charge in [-0.25, -0.2) is 0 Å². The summed E-state index contributed by atoms with van der Waals surface area (Å²) in [5, 5.41) is 3.84. The minimum atomic E-state index is 0.467. The van der Waals surface area contributed by atoms with Gasteiger partial charge in [-0.05, 0) is 18.8 Å². The van der Waals surface area contributed by atoms with Crippen LogP contribution in [0, 0.1) is 5.92 Å². The third kappa shape index (κ3) is 2.51. The topological polar surface area (TPSA) is 48.2 Å². The number of hydrogen-bond donors (Lipinski definition) is 0. The van der Waals surface area contributed by atoms with Crippen molar-refractivity contribution in [2.45, 2.75) is 19.3 Å². The lowest BCUT2D eigenvalue weighted by atomic mass is 9.96. The molecule has 0 unspecified atom stereocenters. The summed E-state index contributed by atoms with van der Waals surface area (Å²) in [6.45, 7) is 1.73. The van der Waals surface area contributed by atoms with Gasteiger partial charge in [0.25, 0.3) is 4.80 Å². The van der Waals surface area contributed by atoms with E-state index in [-0.39, 0.29) is 0 Å². The second-order valence-corrected chi connectivity index (χ2v) is 3.90. The predicted molar refractivity (Wildman–Crippen MR) is 49.2 cm³/mol. The first-order valence-corrected chi connectivity index (χ1v) is 5.20. The van der Waals surface area contributed by atoms with Gasteiger partial charge in [-0.1, -0.05) is 5.16 Å². The van der Waals surface area contributed by atoms with Crippen molar-refractivity contribution in [1.82, 2.24) is 10.1 Å². The van der Waals surface area contributed by atoms with E-state index >= 15 is 0 Å². The fourth-order valence-electron chi connectivity index (χ4n) is 1.52. The molecule has 1 aliphatic heterocycles. The van der Waals surface area contributed by atoms with E-state index in [1.165, 1.54) is 0 Å². The van der Waals surface area contributed by atoms with E-state index in [1.54, 1.807) is 0 Å². The summed E-state index contributed by atoms with van der Waals surface area (Å²) in [6, 6.07) is 0. The van der Waals surface area contributed by atoms with Crippen LogP contribution in [-0.4, -0.2) is 23.4 Å². The van der Waals surface area contributed by atoms with Crippen LogP contribution in [-0.2, 0) is 11.2 Å². The molecule has 0 bridgehead atoms. The molecule has 0 N–H and O–H groups in total. The number of ether oxygens (including phenoxy) is 1. The van der Waals surface area contributed by atoms with Crippen molar-refractivity contribution in [2.75, 3.05) is 13.2 Å². The highest BCUT2D eigenvalue weighted by Crippen LogP contribution is 2.19. The monoisotopic (exact) mass is 246 g/mol. The summed E-state index contributed by atoms with van der Waals surface area (Å²) < 4.78 is 10.1. The van der Waals surface area contributed by atoms with Gasteiger partial charge in [0.1, 0.15) is 0 Å². The molecule has 5 heteroatoms. The highest BCUT2D eigenvalue weighted by molar-refractivity contribution is 9.10. The standard InChI is InChI=1S/C8H11BrN2O2/c9-8-10-7(11-13-8)5-6-1-3-12-4-2-6/h6H,1-5H2. The Morgan fingerprint density at radius 3 is 2.77 bits per heavy atom. The van der Waals surface area contributed by atoms with Gasteiger partial charge in [-0.15, -0.1) is 0 Å². The molecule has 0 spiro atoms. The van der Waals surface area contributed by atoms with Crippen LogP contribution in [0.15, 0.2) is 9.32 Å². The van der Waals surface area contributed by atoms with Gasteiger partial charge in [-0.2, -0.15) is 4.98 Å². The molecule has 1 saturated heterocycles. The van der Waals surface area contributed by atoms with Crippen LogP contribution in [0.25, 0.3) is 0 Å². The molecule has 1 aromatic rings. The molecule has 0 atom stereocenters. The third-order valence-corrected chi connectivity index (χ3v) is 2.58. The summed E-state index contributed by atoms with van der Waals surface area (Å²) in [5.41, 5.74) is 0. The van der Waals surface area contributed by atoms with E-state index in [0.717, 1.165) is 38.3 Å². The molecule has 2 heterocycles. The number of aromatic nitrogens is 2. The van der Waals surface area contributed by atoms with Crippen LogP contribution in [0.4, 0.5) is 0 Å². The van der Waals surface area contributed by atoms with Crippen molar-refractivity contribution in [2.24, 2.45) is 5.92 Å². The van der Waals surface area contributed by atoms with E-state index in [0.29, 0.717) is 10.7 Å². The van der Waals surface area contributed by atoms with Crippen LogP contribution in [0.5, 0.6) is 0 Å². The van der Waals surface area contributed by atoms with E-state index in [2.05, 4.69) is 26.1 Å². The Balaban J connectivity index is 1.89. The first-order valence-electron chi connectivity index (χ1n) is 4.40. The first kappa shape index (κ1) is 9.15. The van der Waals surface area contributed by atoms with Crippen molar-refractivity contribution < 1.29 is 9.26 Å². The zero-order chi connectivity index (χ0) is 9.10. The summed E-state index contributed by atoms with van der Waals surface area (Å²) in [4.78, 5) is 4.57. The predicted octanol–water partition coefficient (Wildman–Crippen LogP) is 1.80. The third-order valence-electron chi connectivity index (χ3n) is 2.26. The molecule has 72 valence electrons. The molecular weight excluding hydrogens is 236 g/mol. The van der Waals surface area contributed by atoms with Gasteiger partial charge in [0.15, 0.2) is 5.82 Å². The highest BCUT2D eigenvalue weighted by Gasteiger charge is 2.16. The summed E-state index contributed by atoms with van der Waals surface area (Å²) in [5.74, 6) is 1.44. The number of nitrogens with zero attached hydrogens (tertiary/aromatic N) is 2. The smallest absolute Gasteiger partial charge is 0.293 e. The van der Waals surface area contributed by atoms with Gasteiger partial charge in [-0.3, -0.25) is 0 Å². The number of halogens is 1. The summed E-state index contributed by atoms with van der Waals surface area (Å²) >= 11 is 3.13. The molecule has 1 aliphatic rings. The molecule has 0 aromatic carbocycles. The van der Waals surface area contributed by atoms with Crippen molar-refractivity contribution in [3.05, 3.63) is 10.6 Å². The maximum atomic E-state index is 5.27. The summed E-state index contributed by atoms with van der Waals surface area (Å²) in [7, 11) is 0. The molecule has 13 heavy (non-hydrogen) atoms. The minimum Gasteiger partial charge on any atom is -0.381 e. The van der Waals surface area contributed by atoms with Crippen LogP contribution in [0.2, 0.25) is 0 Å². The number of rotatable bonds is 2. The van der Waals surface area contributed by atoms with Crippen LogP contribution in [0.3, 0.4) is 0 Å². The molecule has 4 nitrogen and oxygen atoms in total. The van der Waals surface area contributed by atoms with Gasteiger partial charge in [0.05, 0.1) is 0 Å². The number of hydrogen-bond acceptors (Lipinski definition) is 4. The Hall–Kier alpha value is -0.420. The quantitative estimate of drug-likeness (QED) is 0.799. The SMILES string of the molecule is Brc1nc(CC2CCOCC2)no1. The molecule has 0 amide bonds. The Morgan fingerprint density at radius 2 is 2.15 bits per heavy atom. The lowest BCUT2D eigenvalue weighted by Crippen LogP contribution is -2.17. The van der Waals surface area contributed by atoms with E-state index in [1.807, 2.05) is 0 Å². The summed E-state index contributed by atoms with van der Waals surface area (Å²) in [6.07, 6.45) is 3.11. The highest BCUT2D eigenvalue weighted by atomic mass is 79.9. The van der Waals surface area contributed by atoms with Gasteiger partial charge >= 0.3 is 0 Å². The van der Waals surface area contributed by atoms with Gasteiger partial charge in [0.2, 0.25) is 0 Å². The average molecular weight is 247 g/mol. The van der Waals surface area contributed by atoms with Crippen LogP contribution < -0.4 is 0 Å². The molecule has 0 saturated carbocycles. The second-order valence-electron chi connectivity index (χ2n) is 3.22. The zero-order valence-electron chi connectivity index (χ0n) is 7.20. The molecule has 1 aromatic heterocycles. The second kappa shape index (κ2) is 4.19. The lowest BCUT2D eigenvalue weighted by Gasteiger charge is -2.20. The molecule has 0 radical (unpaired) electrons. The maximum absolute atomic E-state index is 5.27. The average Bonchev–Trinajstić information content (AvgIpc) is 2.53. The Kier molecular flexibility index (Phi) is 2.95. The fraction of sp³-hybridized carbons (Fsp3) is 0.750. The maximum Gasteiger partial charge on any atom is 0.293 e.